The van der Waals surface area contributed by atoms with E-state index in [4.69, 9.17) is 15.7 Å². The predicted octanol–water partition coefficient (Wildman–Crippen LogP) is 0.741. The summed E-state index contributed by atoms with van der Waals surface area (Å²) in [6.07, 6.45) is 0. The van der Waals surface area contributed by atoms with Crippen molar-refractivity contribution in [3.63, 3.8) is 0 Å². The van der Waals surface area contributed by atoms with E-state index < -0.39 is 0 Å². The molecule has 1 unspecified atom stereocenters. The second-order valence-corrected chi connectivity index (χ2v) is 5.17. The van der Waals surface area contributed by atoms with Crippen LogP contribution in [0.1, 0.15) is 5.56 Å². The lowest BCUT2D eigenvalue weighted by Crippen LogP contribution is -2.48. The van der Waals surface area contributed by atoms with E-state index in [1.54, 1.807) is 6.07 Å². The number of hydrogen-bond acceptors (Lipinski definition) is 5. The van der Waals surface area contributed by atoms with Crippen LogP contribution >= 0.6 is 15.9 Å². The number of morpholine rings is 1. The number of nitrogens with zero attached hydrogens (tertiary/aromatic N) is 2. The minimum absolute atomic E-state index is 0.00826. The molecule has 0 amide bonds. The highest BCUT2D eigenvalue weighted by Gasteiger charge is 2.25. The Morgan fingerprint density at radius 2 is 2.37 bits per heavy atom. The number of halogens is 1. The highest BCUT2D eigenvalue weighted by Crippen LogP contribution is 2.27. The standard InChI is InChI=1S/C12H16BrN3O3/c13-8-1-2-11(10(5-8)12(14)15-18)16-3-4-19-7-9(16)6-17/h1-2,5,9,17-18H,3-4,6-7H2,(H2,14,15). The van der Waals surface area contributed by atoms with Gasteiger partial charge in [-0.15, -0.1) is 0 Å². The van der Waals surface area contributed by atoms with E-state index in [0.717, 1.165) is 10.2 Å². The van der Waals surface area contributed by atoms with Crippen LogP contribution in [0.25, 0.3) is 0 Å². The summed E-state index contributed by atoms with van der Waals surface area (Å²) >= 11 is 3.37. The van der Waals surface area contributed by atoms with Gasteiger partial charge in [0.25, 0.3) is 0 Å². The molecule has 1 aromatic carbocycles. The quantitative estimate of drug-likeness (QED) is 0.329. The average molecular weight is 330 g/mol. The Morgan fingerprint density at radius 1 is 1.58 bits per heavy atom. The maximum atomic E-state index is 9.42. The number of anilines is 1. The van der Waals surface area contributed by atoms with Crippen LogP contribution in [-0.2, 0) is 4.74 Å². The van der Waals surface area contributed by atoms with E-state index in [2.05, 4.69) is 21.1 Å². The summed E-state index contributed by atoms with van der Waals surface area (Å²) in [4.78, 5) is 2.02. The minimum Gasteiger partial charge on any atom is -0.409 e. The molecule has 1 fully saturated rings. The van der Waals surface area contributed by atoms with E-state index in [1.165, 1.54) is 0 Å². The van der Waals surface area contributed by atoms with Gasteiger partial charge in [0, 0.05) is 22.3 Å². The molecular weight excluding hydrogens is 314 g/mol. The van der Waals surface area contributed by atoms with E-state index in [9.17, 15) is 5.11 Å². The fourth-order valence-electron chi connectivity index (χ4n) is 2.14. The maximum Gasteiger partial charge on any atom is 0.172 e. The number of aliphatic hydroxyl groups excluding tert-OH is 1. The molecular formula is C12H16BrN3O3. The van der Waals surface area contributed by atoms with E-state index >= 15 is 0 Å². The third kappa shape index (κ3) is 2.99. The Hall–Kier alpha value is -1.31. The van der Waals surface area contributed by atoms with Gasteiger partial charge in [-0.1, -0.05) is 21.1 Å². The zero-order chi connectivity index (χ0) is 13.8. The van der Waals surface area contributed by atoms with Crippen molar-refractivity contribution in [2.24, 2.45) is 10.9 Å². The minimum atomic E-state index is -0.125. The van der Waals surface area contributed by atoms with Gasteiger partial charge in [-0.2, -0.15) is 0 Å². The summed E-state index contributed by atoms with van der Waals surface area (Å²) in [5.41, 5.74) is 7.16. The summed E-state index contributed by atoms with van der Waals surface area (Å²) in [7, 11) is 0. The van der Waals surface area contributed by atoms with E-state index in [0.29, 0.717) is 25.3 Å². The van der Waals surface area contributed by atoms with Crippen LogP contribution in [0.15, 0.2) is 27.8 Å². The fraction of sp³-hybridized carbons (Fsp3) is 0.417. The van der Waals surface area contributed by atoms with Gasteiger partial charge in [-0.25, -0.2) is 0 Å². The molecule has 0 bridgehead atoms. The van der Waals surface area contributed by atoms with Crippen molar-refractivity contribution >= 4 is 27.5 Å². The molecule has 1 saturated heterocycles. The van der Waals surface area contributed by atoms with Crippen LogP contribution < -0.4 is 10.6 Å². The number of amidine groups is 1. The Kier molecular flexibility index (Phi) is 4.62. The number of rotatable bonds is 3. The molecule has 104 valence electrons. The topological polar surface area (TPSA) is 91.3 Å². The van der Waals surface area contributed by atoms with Crippen LogP contribution in [0.4, 0.5) is 5.69 Å². The summed E-state index contributed by atoms with van der Waals surface area (Å²) in [6, 6.07) is 5.42. The molecule has 0 spiro atoms. The molecule has 0 aliphatic carbocycles. The van der Waals surface area contributed by atoms with Crippen molar-refractivity contribution in [2.45, 2.75) is 6.04 Å². The second kappa shape index (κ2) is 6.23. The molecule has 7 heteroatoms. The van der Waals surface area contributed by atoms with Crippen LogP contribution in [0, 0.1) is 0 Å². The summed E-state index contributed by atoms with van der Waals surface area (Å²) in [6.45, 7) is 1.69. The molecule has 1 atom stereocenters. The number of nitrogens with two attached hydrogens (primary N) is 1. The van der Waals surface area contributed by atoms with Crippen molar-refractivity contribution < 1.29 is 15.1 Å². The van der Waals surface area contributed by atoms with Crippen molar-refractivity contribution in [1.29, 1.82) is 0 Å². The lowest BCUT2D eigenvalue weighted by molar-refractivity contribution is 0.0727. The summed E-state index contributed by atoms with van der Waals surface area (Å²) in [5, 5.41) is 21.4. The third-order valence-corrected chi connectivity index (χ3v) is 3.58. The molecule has 0 aromatic heterocycles. The molecule has 0 saturated carbocycles. The normalized spacial score (nSPS) is 20.6. The zero-order valence-electron chi connectivity index (χ0n) is 10.3. The molecule has 1 aromatic rings. The van der Waals surface area contributed by atoms with Crippen molar-refractivity contribution in [3.05, 3.63) is 28.2 Å². The Bertz CT molecular complexity index is 481. The van der Waals surface area contributed by atoms with Crippen LogP contribution in [-0.4, -0.2) is 48.6 Å². The Balaban J connectivity index is 2.42. The summed E-state index contributed by atoms with van der Waals surface area (Å²) in [5.74, 6) is 0.0412. The molecule has 1 aliphatic heterocycles. The van der Waals surface area contributed by atoms with Gasteiger partial charge < -0.3 is 25.7 Å². The van der Waals surface area contributed by atoms with Gasteiger partial charge in [-0.3, -0.25) is 0 Å². The molecule has 1 aliphatic rings. The van der Waals surface area contributed by atoms with Gasteiger partial charge in [-0.05, 0) is 18.2 Å². The number of oxime groups is 1. The molecule has 2 rings (SSSR count). The lowest BCUT2D eigenvalue weighted by atomic mass is 10.1. The molecule has 6 nitrogen and oxygen atoms in total. The van der Waals surface area contributed by atoms with Crippen LogP contribution in [0.2, 0.25) is 0 Å². The number of aliphatic hydroxyl groups is 1. The first-order valence-corrected chi connectivity index (χ1v) is 6.69. The first-order chi connectivity index (χ1) is 9.17. The first kappa shape index (κ1) is 14.1. The van der Waals surface area contributed by atoms with Crippen molar-refractivity contribution in [2.75, 3.05) is 31.3 Å². The highest BCUT2D eigenvalue weighted by molar-refractivity contribution is 9.10. The van der Waals surface area contributed by atoms with Crippen LogP contribution in [0.5, 0.6) is 0 Å². The van der Waals surface area contributed by atoms with Crippen LogP contribution in [0.3, 0.4) is 0 Å². The molecule has 19 heavy (non-hydrogen) atoms. The van der Waals surface area contributed by atoms with E-state index in [1.807, 2.05) is 17.0 Å². The molecule has 4 N–H and O–H groups in total. The van der Waals surface area contributed by atoms with Gasteiger partial charge >= 0.3 is 0 Å². The number of benzene rings is 1. The Labute approximate surface area is 119 Å². The molecule has 0 radical (unpaired) electrons. The van der Waals surface area contributed by atoms with E-state index in [-0.39, 0.29) is 18.5 Å². The summed E-state index contributed by atoms with van der Waals surface area (Å²) < 4.78 is 6.19. The monoisotopic (exact) mass is 329 g/mol. The fourth-order valence-corrected chi connectivity index (χ4v) is 2.50. The smallest absolute Gasteiger partial charge is 0.172 e. The van der Waals surface area contributed by atoms with Gasteiger partial charge in [0.15, 0.2) is 5.84 Å². The van der Waals surface area contributed by atoms with Gasteiger partial charge in [0.2, 0.25) is 0 Å². The second-order valence-electron chi connectivity index (χ2n) is 4.25. The zero-order valence-corrected chi connectivity index (χ0v) is 11.9. The first-order valence-electron chi connectivity index (χ1n) is 5.90. The van der Waals surface area contributed by atoms with Crippen molar-refractivity contribution in [3.8, 4) is 0 Å². The Morgan fingerprint density at radius 3 is 3.05 bits per heavy atom. The molecule has 1 heterocycles. The van der Waals surface area contributed by atoms with Crippen molar-refractivity contribution in [1.82, 2.24) is 0 Å². The number of ether oxygens (including phenoxy) is 1. The average Bonchev–Trinajstić information content (AvgIpc) is 2.46. The largest absolute Gasteiger partial charge is 0.409 e. The predicted molar refractivity (Wildman–Crippen MR) is 75.7 cm³/mol. The van der Waals surface area contributed by atoms with Gasteiger partial charge in [0.05, 0.1) is 25.9 Å². The third-order valence-electron chi connectivity index (χ3n) is 3.09. The highest BCUT2D eigenvalue weighted by atomic mass is 79.9. The SMILES string of the molecule is N/C(=N/O)c1cc(Br)ccc1N1CCOCC1CO. The number of hydrogen-bond donors (Lipinski definition) is 3. The lowest BCUT2D eigenvalue weighted by Gasteiger charge is -2.37. The maximum absolute atomic E-state index is 9.42. The van der Waals surface area contributed by atoms with Gasteiger partial charge in [0.1, 0.15) is 0 Å².